The Kier molecular flexibility index (Phi) is 5.07. The minimum atomic E-state index is -0.528. The van der Waals surface area contributed by atoms with Crippen molar-refractivity contribution in [3.05, 3.63) is 90.0 Å². The van der Waals surface area contributed by atoms with Gasteiger partial charge in [-0.3, -0.25) is 14.7 Å². The first-order valence-electron chi connectivity index (χ1n) is 10.4. The summed E-state index contributed by atoms with van der Waals surface area (Å²) in [6.07, 6.45) is 1.54. The van der Waals surface area contributed by atoms with Crippen LogP contribution in [-0.2, 0) is 0 Å². The maximum absolute atomic E-state index is 14.1. The SMILES string of the molecule is O=C(Nc1ccccc1F)N1C[C@@H]2[C@H](c3ccccc31)[C@@H](CO)N2C(=O)c1ccccn1. The van der Waals surface area contributed by atoms with Crippen molar-refractivity contribution in [3.8, 4) is 0 Å². The van der Waals surface area contributed by atoms with Gasteiger partial charge in [0.25, 0.3) is 5.91 Å². The van der Waals surface area contributed by atoms with Gasteiger partial charge >= 0.3 is 6.03 Å². The summed E-state index contributed by atoms with van der Waals surface area (Å²) in [6, 6.07) is 17.2. The number of urea groups is 1. The molecule has 0 bridgehead atoms. The number of hydrogen-bond donors (Lipinski definition) is 2. The maximum atomic E-state index is 14.1. The van der Waals surface area contributed by atoms with Crippen molar-refractivity contribution in [2.24, 2.45) is 0 Å². The van der Waals surface area contributed by atoms with Crippen LogP contribution < -0.4 is 10.2 Å². The summed E-state index contributed by atoms with van der Waals surface area (Å²) in [5.41, 5.74) is 1.92. The lowest BCUT2D eigenvalue weighted by Gasteiger charge is -2.58. The highest BCUT2D eigenvalue weighted by Crippen LogP contribution is 2.48. The molecule has 2 aliphatic rings. The van der Waals surface area contributed by atoms with E-state index in [9.17, 15) is 19.1 Å². The molecule has 162 valence electrons. The van der Waals surface area contributed by atoms with E-state index in [-0.39, 0.29) is 42.4 Å². The van der Waals surface area contributed by atoms with Crippen molar-refractivity contribution < 1.29 is 19.1 Å². The number of nitrogens with zero attached hydrogens (tertiary/aromatic N) is 3. The van der Waals surface area contributed by atoms with Crippen LogP contribution in [0, 0.1) is 5.82 Å². The summed E-state index contributed by atoms with van der Waals surface area (Å²) in [5.74, 6) is -0.930. The lowest BCUT2D eigenvalue weighted by molar-refractivity contribution is -0.0245. The van der Waals surface area contributed by atoms with Gasteiger partial charge in [0.1, 0.15) is 11.5 Å². The molecule has 32 heavy (non-hydrogen) atoms. The van der Waals surface area contributed by atoms with Crippen LogP contribution in [0.5, 0.6) is 0 Å². The minimum absolute atomic E-state index is 0.0837. The minimum Gasteiger partial charge on any atom is -0.394 e. The van der Waals surface area contributed by atoms with Gasteiger partial charge in [0.2, 0.25) is 0 Å². The number of pyridine rings is 1. The van der Waals surface area contributed by atoms with Gasteiger partial charge in [-0.15, -0.1) is 0 Å². The first kappa shape index (κ1) is 20.1. The van der Waals surface area contributed by atoms with Crippen molar-refractivity contribution in [3.63, 3.8) is 0 Å². The largest absolute Gasteiger partial charge is 0.394 e. The van der Waals surface area contributed by atoms with Crippen LogP contribution >= 0.6 is 0 Å². The van der Waals surface area contributed by atoms with E-state index >= 15 is 0 Å². The zero-order valence-electron chi connectivity index (χ0n) is 17.1. The predicted molar refractivity (Wildman–Crippen MR) is 117 cm³/mol. The molecule has 0 saturated carbocycles. The lowest BCUT2D eigenvalue weighted by Crippen LogP contribution is -2.71. The van der Waals surface area contributed by atoms with Gasteiger partial charge in [0.05, 0.1) is 24.4 Å². The third-order valence-corrected chi connectivity index (χ3v) is 6.17. The number of halogens is 1. The Hall–Kier alpha value is -3.78. The number of aromatic nitrogens is 1. The van der Waals surface area contributed by atoms with Gasteiger partial charge in [-0.25, -0.2) is 9.18 Å². The Morgan fingerprint density at radius 3 is 2.56 bits per heavy atom. The van der Waals surface area contributed by atoms with Crippen LogP contribution in [0.1, 0.15) is 22.0 Å². The number of anilines is 2. The summed E-state index contributed by atoms with van der Waals surface area (Å²) in [4.78, 5) is 33.6. The normalized spacial score (nSPS) is 21.2. The molecule has 3 amide bonds. The molecule has 2 aromatic carbocycles. The van der Waals surface area contributed by atoms with E-state index in [4.69, 9.17) is 0 Å². The zero-order valence-corrected chi connectivity index (χ0v) is 17.1. The molecule has 2 aliphatic heterocycles. The molecule has 3 atom stereocenters. The average molecular weight is 432 g/mol. The van der Waals surface area contributed by atoms with Gasteiger partial charge in [-0.1, -0.05) is 36.4 Å². The summed E-state index contributed by atoms with van der Waals surface area (Å²) in [5, 5.41) is 12.7. The first-order valence-corrected chi connectivity index (χ1v) is 10.4. The second kappa shape index (κ2) is 8.05. The summed E-state index contributed by atoms with van der Waals surface area (Å²) in [6.45, 7) is 0.0204. The molecule has 5 rings (SSSR count). The number of likely N-dealkylation sites (tertiary alicyclic amines) is 1. The zero-order chi connectivity index (χ0) is 22.2. The average Bonchev–Trinajstić information content (AvgIpc) is 2.81. The fraction of sp³-hybridized carbons (Fsp3) is 0.208. The molecule has 0 aliphatic carbocycles. The quantitative estimate of drug-likeness (QED) is 0.665. The molecule has 1 aromatic heterocycles. The number of aliphatic hydroxyl groups excluding tert-OH is 1. The van der Waals surface area contributed by atoms with E-state index in [0.29, 0.717) is 5.69 Å². The molecular weight excluding hydrogens is 411 g/mol. The Morgan fingerprint density at radius 2 is 1.81 bits per heavy atom. The maximum Gasteiger partial charge on any atom is 0.326 e. The van der Waals surface area contributed by atoms with Crippen LogP contribution in [0.3, 0.4) is 0 Å². The van der Waals surface area contributed by atoms with Gasteiger partial charge in [0.15, 0.2) is 0 Å². The number of benzene rings is 2. The summed E-state index contributed by atoms with van der Waals surface area (Å²) < 4.78 is 14.1. The molecular formula is C24H21FN4O3. The summed E-state index contributed by atoms with van der Waals surface area (Å²) >= 11 is 0. The van der Waals surface area contributed by atoms with Crippen LogP contribution in [-0.4, -0.2) is 52.2 Å². The number of amides is 3. The van der Waals surface area contributed by atoms with E-state index in [1.54, 1.807) is 41.4 Å². The van der Waals surface area contributed by atoms with Gasteiger partial charge in [0, 0.05) is 24.3 Å². The number of nitrogens with one attached hydrogen (secondary N) is 1. The van der Waals surface area contributed by atoms with Crippen molar-refractivity contribution in [1.82, 2.24) is 9.88 Å². The Labute approximate surface area is 184 Å². The van der Waals surface area contributed by atoms with Crippen molar-refractivity contribution in [2.75, 3.05) is 23.4 Å². The molecule has 1 fully saturated rings. The topological polar surface area (TPSA) is 85.8 Å². The first-order chi connectivity index (χ1) is 15.6. The van der Waals surface area contributed by atoms with Crippen LogP contribution in [0.15, 0.2) is 72.9 Å². The Balaban J connectivity index is 1.48. The molecule has 0 unspecified atom stereocenters. The van der Waals surface area contributed by atoms with E-state index in [1.165, 1.54) is 17.0 Å². The number of rotatable bonds is 3. The highest BCUT2D eigenvalue weighted by Gasteiger charge is 2.55. The monoisotopic (exact) mass is 432 g/mol. The van der Waals surface area contributed by atoms with Crippen molar-refractivity contribution in [1.29, 1.82) is 0 Å². The van der Waals surface area contributed by atoms with Gasteiger partial charge in [-0.2, -0.15) is 0 Å². The number of hydrogen-bond acceptors (Lipinski definition) is 4. The smallest absolute Gasteiger partial charge is 0.326 e. The van der Waals surface area contributed by atoms with Gasteiger partial charge < -0.3 is 15.3 Å². The lowest BCUT2D eigenvalue weighted by atomic mass is 9.72. The molecule has 0 spiro atoms. The van der Waals surface area contributed by atoms with E-state index < -0.39 is 17.9 Å². The summed E-state index contributed by atoms with van der Waals surface area (Å²) in [7, 11) is 0. The predicted octanol–water partition coefficient (Wildman–Crippen LogP) is 3.24. The van der Waals surface area contributed by atoms with E-state index in [0.717, 1.165) is 5.56 Å². The van der Waals surface area contributed by atoms with E-state index in [1.807, 2.05) is 24.3 Å². The fourth-order valence-electron chi connectivity index (χ4n) is 4.73. The Morgan fingerprint density at radius 1 is 1.06 bits per heavy atom. The number of carbonyl (C=O) groups is 2. The number of carbonyl (C=O) groups excluding carboxylic acids is 2. The molecule has 3 heterocycles. The molecule has 7 nitrogen and oxygen atoms in total. The fourth-order valence-corrected chi connectivity index (χ4v) is 4.73. The molecule has 8 heteroatoms. The van der Waals surface area contributed by atoms with Crippen molar-refractivity contribution in [2.45, 2.75) is 18.0 Å². The standard InChI is InChI=1S/C24H21FN4O3/c25-16-8-2-3-9-17(16)27-24(32)28-13-20-22(15-7-1-4-11-19(15)28)21(14-30)29(20)23(31)18-10-5-6-12-26-18/h1-12,20-22,30H,13-14H2,(H,27,32)/t20-,21-,22+/m1/s1. The number of para-hydroxylation sites is 2. The van der Waals surface area contributed by atoms with E-state index in [2.05, 4.69) is 10.3 Å². The van der Waals surface area contributed by atoms with Crippen molar-refractivity contribution >= 4 is 23.3 Å². The number of fused-ring (bicyclic) bond motifs is 3. The van der Waals surface area contributed by atoms with Crippen LogP contribution in [0.4, 0.5) is 20.6 Å². The third-order valence-electron chi connectivity index (χ3n) is 6.17. The third kappa shape index (κ3) is 3.20. The van der Waals surface area contributed by atoms with Crippen LogP contribution in [0.25, 0.3) is 0 Å². The van der Waals surface area contributed by atoms with Gasteiger partial charge in [-0.05, 0) is 35.9 Å². The highest BCUT2D eigenvalue weighted by atomic mass is 19.1. The molecule has 2 N–H and O–H groups in total. The molecule has 3 aromatic rings. The van der Waals surface area contributed by atoms with Crippen LogP contribution in [0.2, 0.25) is 0 Å². The second-order valence-electron chi connectivity index (χ2n) is 7.85. The molecule has 0 radical (unpaired) electrons. The number of aliphatic hydroxyl groups is 1. The highest BCUT2D eigenvalue weighted by molar-refractivity contribution is 6.03. The molecule has 1 saturated heterocycles. The second-order valence-corrected chi connectivity index (χ2v) is 7.85. The Bertz CT molecular complexity index is 1170.